The fourth-order valence-electron chi connectivity index (χ4n) is 2.05. The van der Waals surface area contributed by atoms with Crippen molar-refractivity contribution in [2.75, 3.05) is 6.54 Å². The fourth-order valence-corrected chi connectivity index (χ4v) is 2.69. The van der Waals surface area contributed by atoms with Gasteiger partial charge in [0, 0.05) is 23.7 Å². The van der Waals surface area contributed by atoms with E-state index in [-0.39, 0.29) is 5.91 Å². The number of fused-ring (bicyclic) bond motifs is 1. The SMILES string of the molecule is Cc1nc(CCNC(=O)c2n[nH]c3ccccc23)cs1. The Hall–Kier alpha value is -2.21. The minimum absolute atomic E-state index is 0.158. The molecule has 0 unspecified atom stereocenters. The van der Waals surface area contributed by atoms with E-state index >= 15 is 0 Å². The summed E-state index contributed by atoms with van der Waals surface area (Å²) in [5.74, 6) is -0.158. The van der Waals surface area contributed by atoms with E-state index in [4.69, 9.17) is 0 Å². The molecule has 0 aliphatic rings. The monoisotopic (exact) mass is 286 g/mol. The molecule has 3 aromatic rings. The summed E-state index contributed by atoms with van der Waals surface area (Å²) >= 11 is 1.62. The van der Waals surface area contributed by atoms with E-state index in [0.717, 1.165) is 28.0 Å². The van der Waals surface area contributed by atoms with Gasteiger partial charge in [-0.2, -0.15) is 5.10 Å². The Morgan fingerprint density at radius 2 is 2.25 bits per heavy atom. The first-order valence-corrected chi connectivity index (χ1v) is 7.24. The van der Waals surface area contributed by atoms with Crippen LogP contribution >= 0.6 is 11.3 Å². The molecule has 1 aromatic carbocycles. The summed E-state index contributed by atoms with van der Waals surface area (Å²) in [7, 11) is 0. The quantitative estimate of drug-likeness (QED) is 0.773. The zero-order valence-corrected chi connectivity index (χ0v) is 11.8. The lowest BCUT2D eigenvalue weighted by molar-refractivity contribution is 0.0950. The van der Waals surface area contributed by atoms with Crippen molar-refractivity contribution >= 4 is 28.1 Å². The summed E-state index contributed by atoms with van der Waals surface area (Å²) in [6.45, 7) is 2.53. The molecule has 0 radical (unpaired) electrons. The number of hydrogen-bond acceptors (Lipinski definition) is 4. The molecule has 3 rings (SSSR count). The second-order valence-electron chi connectivity index (χ2n) is 4.48. The number of nitrogens with zero attached hydrogens (tertiary/aromatic N) is 2. The Kier molecular flexibility index (Phi) is 3.47. The molecule has 20 heavy (non-hydrogen) atoms. The van der Waals surface area contributed by atoms with Crippen molar-refractivity contribution in [2.24, 2.45) is 0 Å². The van der Waals surface area contributed by atoms with Crippen molar-refractivity contribution in [3.8, 4) is 0 Å². The number of amides is 1. The zero-order valence-electron chi connectivity index (χ0n) is 11.0. The van der Waals surface area contributed by atoms with Crippen molar-refractivity contribution in [3.05, 3.63) is 46.0 Å². The molecule has 2 heterocycles. The summed E-state index contributed by atoms with van der Waals surface area (Å²) in [5.41, 5.74) is 2.32. The molecular weight excluding hydrogens is 272 g/mol. The van der Waals surface area contributed by atoms with Crippen LogP contribution in [0.5, 0.6) is 0 Å². The number of benzene rings is 1. The van der Waals surface area contributed by atoms with E-state index in [0.29, 0.717) is 12.2 Å². The lowest BCUT2D eigenvalue weighted by atomic mass is 10.2. The summed E-state index contributed by atoms with van der Waals surface area (Å²) < 4.78 is 0. The van der Waals surface area contributed by atoms with Gasteiger partial charge < -0.3 is 5.32 Å². The molecule has 5 nitrogen and oxygen atoms in total. The Labute approximate surface area is 120 Å². The maximum Gasteiger partial charge on any atom is 0.272 e. The van der Waals surface area contributed by atoms with Crippen molar-refractivity contribution < 1.29 is 4.79 Å². The van der Waals surface area contributed by atoms with E-state index in [1.54, 1.807) is 11.3 Å². The minimum Gasteiger partial charge on any atom is -0.350 e. The van der Waals surface area contributed by atoms with Crippen molar-refractivity contribution in [3.63, 3.8) is 0 Å². The Bertz CT molecular complexity index is 746. The normalized spacial score (nSPS) is 10.8. The second-order valence-corrected chi connectivity index (χ2v) is 5.54. The molecule has 0 bridgehead atoms. The van der Waals surface area contributed by atoms with Crippen LogP contribution in [-0.2, 0) is 6.42 Å². The van der Waals surface area contributed by atoms with Gasteiger partial charge in [-0.3, -0.25) is 9.89 Å². The van der Waals surface area contributed by atoms with Gasteiger partial charge in [-0.15, -0.1) is 11.3 Å². The maximum atomic E-state index is 12.1. The lowest BCUT2D eigenvalue weighted by Crippen LogP contribution is -2.26. The molecule has 0 aliphatic carbocycles. The Morgan fingerprint density at radius 3 is 3.05 bits per heavy atom. The number of thiazole rings is 1. The van der Waals surface area contributed by atoms with Crippen LogP contribution < -0.4 is 5.32 Å². The van der Waals surface area contributed by atoms with Crippen molar-refractivity contribution in [1.82, 2.24) is 20.5 Å². The van der Waals surface area contributed by atoms with Crippen LogP contribution in [0, 0.1) is 6.92 Å². The van der Waals surface area contributed by atoms with E-state index in [1.807, 2.05) is 36.6 Å². The third-order valence-electron chi connectivity index (χ3n) is 3.02. The van der Waals surface area contributed by atoms with Gasteiger partial charge in [0.25, 0.3) is 5.91 Å². The van der Waals surface area contributed by atoms with Crippen LogP contribution in [-0.4, -0.2) is 27.6 Å². The smallest absolute Gasteiger partial charge is 0.272 e. The lowest BCUT2D eigenvalue weighted by Gasteiger charge is -2.01. The summed E-state index contributed by atoms with van der Waals surface area (Å²) in [5, 5.41) is 13.7. The van der Waals surface area contributed by atoms with Gasteiger partial charge >= 0.3 is 0 Å². The van der Waals surface area contributed by atoms with Crippen LogP contribution in [0.1, 0.15) is 21.2 Å². The third kappa shape index (κ3) is 2.55. The molecule has 2 aromatic heterocycles. The third-order valence-corrected chi connectivity index (χ3v) is 3.84. The molecule has 0 fully saturated rings. The first kappa shape index (κ1) is 12.8. The molecule has 0 spiro atoms. The number of rotatable bonds is 4. The fraction of sp³-hybridized carbons (Fsp3) is 0.214. The van der Waals surface area contributed by atoms with Gasteiger partial charge in [-0.1, -0.05) is 18.2 Å². The summed E-state index contributed by atoms with van der Waals surface area (Å²) in [6.07, 6.45) is 0.735. The summed E-state index contributed by atoms with van der Waals surface area (Å²) in [4.78, 5) is 16.5. The topological polar surface area (TPSA) is 70.7 Å². The van der Waals surface area contributed by atoms with E-state index in [9.17, 15) is 4.79 Å². The Balaban J connectivity index is 1.64. The summed E-state index contributed by atoms with van der Waals surface area (Å²) in [6, 6.07) is 7.59. The van der Waals surface area contributed by atoms with E-state index < -0.39 is 0 Å². The molecule has 0 aliphatic heterocycles. The number of carbonyl (C=O) groups excluding carboxylic acids is 1. The average molecular weight is 286 g/mol. The molecule has 6 heteroatoms. The van der Waals surface area contributed by atoms with Crippen LogP contribution in [0.15, 0.2) is 29.6 Å². The maximum absolute atomic E-state index is 12.1. The van der Waals surface area contributed by atoms with Crippen LogP contribution in [0.3, 0.4) is 0 Å². The van der Waals surface area contributed by atoms with Gasteiger partial charge in [-0.25, -0.2) is 4.98 Å². The van der Waals surface area contributed by atoms with Crippen LogP contribution in [0.2, 0.25) is 0 Å². The highest BCUT2D eigenvalue weighted by Crippen LogP contribution is 2.14. The first-order valence-electron chi connectivity index (χ1n) is 6.36. The predicted molar refractivity (Wildman–Crippen MR) is 79.0 cm³/mol. The number of hydrogen-bond donors (Lipinski definition) is 2. The average Bonchev–Trinajstić information content (AvgIpc) is 3.05. The van der Waals surface area contributed by atoms with Gasteiger partial charge in [0.1, 0.15) is 0 Å². The number of aromatic nitrogens is 3. The molecular formula is C14H14N4OS. The van der Waals surface area contributed by atoms with E-state index in [2.05, 4.69) is 20.5 Å². The number of aromatic amines is 1. The number of H-pyrrole nitrogens is 1. The minimum atomic E-state index is -0.158. The number of aryl methyl sites for hydroxylation is 1. The standard InChI is InChI=1S/C14H14N4OS/c1-9-16-10(8-20-9)6-7-15-14(19)13-11-4-2-3-5-12(11)17-18-13/h2-5,8H,6-7H2,1H3,(H,15,19)(H,17,18). The molecule has 0 saturated carbocycles. The number of carbonyl (C=O) groups is 1. The molecule has 1 amide bonds. The van der Waals surface area contributed by atoms with Crippen molar-refractivity contribution in [1.29, 1.82) is 0 Å². The highest BCUT2D eigenvalue weighted by molar-refractivity contribution is 7.09. The number of para-hydroxylation sites is 1. The second kappa shape index (κ2) is 5.42. The highest BCUT2D eigenvalue weighted by atomic mass is 32.1. The zero-order chi connectivity index (χ0) is 13.9. The predicted octanol–water partition coefficient (Wildman–Crippen LogP) is 2.30. The van der Waals surface area contributed by atoms with Crippen LogP contribution in [0.25, 0.3) is 10.9 Å². The highest BCUT2D eigenvalue weighted by Gasteiger charge is 2.13. The largest absolute Gasteiger partial charge is 0.350 e. The van der Waals surface area contributed by atoms with Gasteiger partial charge in [0.15, 0.2) is 5.69 Å². The Morgan fingerprint density at radius 1 is 1.40 bits per heavy atom. The molecule has 0 atom stereocenters. The first-order chi connectivity index (χ1) is 9.74. The van der Waals surface area contributed by atoms with Crippen molar-refractivity contribution in [2.45, 2.75) is 13.3 Å². The van der Waals surface area contributed by atoms with Gasteiger partial charge in [-0.05, 0) is 13.0 Å². The van der Waals surface area contributed by atoms with Gasteiger partial charge in [0.05, 0.1) is 16.2 Å². The molecule has 2 N–H and O–H groups in total. The van der Waals surface area contributed by atoms with Crippen LogP contribution in [0.4, 0.5) is 0 Å². The molecule has 0 saturated heterocycles. The van der Waals surface area contributed by atoms with Gasteiger partial charge in [0.2, 0.25) is 0 Å². The van der Waals surface area contributed by atoms with E-state index in [1.165, 1.54) is 0 Å². The number of nitrogens with one attached hydrogen (secondary N) is 2. The molecule has 102 valence electrons.